The molecule has 4 aliphatic carbocycles. The Labute approximate surface area is 180 Å². The number of Topliss-reactive ketones (excluding diaryl/α,β-unsaturated/α-hetero) is 1. The predicted octanol–water partition coefficient (Wildman–Crippen LogP) is 5.66. The van der Waals surface area contributed by atoms with Crippen LogP contribution in [0.1, 0.15) is 70.8 Å². The Balaban J connectivity index is 1.42. The number of rotatable bonds is 2. The fraction of sp³-hybridized carbons (Fsp3) is 0.667. The highest BCUT2D eigenvalue weighted by Crippen LogP contribution is 2.66. The second-order valence-electron chi connectivity index (χ2n) is 11.0. The number of ketones is 1. The molecule has 30 heavy (non-hydrogen) atoms. The van der Waals surface area contributed by atoms with E-state index >= 15 is 0 Å². The Kier molecular flexibility index (Phi) is 4.89. The lowest BCUT2D eigenvalue weighted by molar-refractivity contribution is -0.141. The maximum absolute atomic E-state index is 13.5. The first-order valence-electron chi connectivity index (χ1n) is 11.9. The van der Waals surface area contributed by atoms with Gasteiger partial charge in [0.15, 0.2) is 5.78 Å². The molecule has 3 heteroatoms. The molecule has 7 atom stereocenters. The van der Waals surface area contributed by atoms with Gasteiger partial charge >= 0.3 is 0 Å². The minimum Gasteiger partial charge on any atom is -0.497 e. The number of aliphatic hydroxyl groups excluding tert-OH is 1. The lowest BCUT2D eigenvalue weighted by Crippen LogP contribution is -2.54. The van der Waals surface area contributed by atoms with Gasteiger partial charge in [-0.2, -0.15) is 0 Å². The van der Waals surface area contributed by atoms with E-state index in [1.165, 1.54) is 19.3 Å². The highest BCUT2D eigenvalue weighted by molar-refractivity contribution is 6.05. The van der Waals surface area contributed by atoms with Crippen molar-refractivity contribution in [2.24, 2.45) is 34.5 Å². The Hall–Kier alpha value is -1.61. The number of aliphatic hydroxyl groups is 1. The monoisotopic (exact) mass is 408 g/mol. The Morgan fingerprint density at radius 1 is 1.03 bits per heavy atom. The molecule has 162 valence electrons. The van der Waals surface area contributed by atoms with E-state index in [9.17, 15) is 9.90 Å². The lowest BCUT2D eigenvalue weighted by Gasteiger charge is -2.59. The number of methoxy groups -OCH3 is 1. The van der Waals surface area contributed by atoms with Crippen LogP contribution in [-0.2, 0) is 4.79 Å². The summed E-state index contributed by atoms with van der Waals surface area (Å²) in [6.07, 6.45) is 10.8. The number of hydrogen-bond acceptors (Lipinski definition) is 3. The van der Waals surface area contributed by atoms with Gasteiger partial charge in [0.25, 0.3) is 0 Å². The van der Waals surface area contributed by atoms with E-state index < -0.39 is 0 Å². The molecule has 4 aliphatic rings. The Morgan fingerprint density at radius 2 is 1.80 bits per heavy atom. The van der Waals surface area contributed by atoms with E-state index in [-0.39, 0.29) is 11.5 Å². The summed E-state index contributed by atoms with van der Waals surface area (Å²) < 4.78 is 5.27. The zero-order valence-electron chi connectivity index (χ0n) is 18.7. The van der Waals surface area contributed by atoms with E-state index in [0.29, 0.717) is 29.0 Å². The van der Waals surface area contributed by atoms with Gasteiger partial charge in [0.1, 0.15) is 5.75 Å². The highest BCUT2D eigenvalue weighted by atomic mass is 16.5. The number of allylic oxidation sites excluding steroid dienone is 1. The summed E-state index contributed by atoms with van der Waals surface area (Å²) >= 11 is 0. The van der Waals surface area contributed by atoms with Crippen molar-refractivity contribution in [3.63, 3.8) is 0 Å². The van der Waals surface area contributed by atoms with E-state index in [2.05, 4.69) is 19.9 Å². The first kappa shape index (κ1) is 20.3. The highest BCUT2D eigenvalue weighted by Gasteiger charge is 2.61. The molecule has 1 N–H and O–H groups in total. The van der Waals surface area contributed by atoms with E-state index in [1.807, 2.05) is 24.3 Å². The fourth-order valence-corrected chi connectivity index (χ4v) is 7.94. The van der Waals surface area contributed by atoms with Crippen LogP contribution < -0.4 is 4.74 Å². The van der Waals surface area contributed by atoms with Gasteiger partial charge < -0.3 is 9.84 Å². The third kappa shape index (κ3) is 2.99. The van der Waals surface area contributed by atoms with Gasteiger partial charge in [0, 0.05) is 5.41 Å². The Morgan fingerprint density at radius 3 is 2.53 bits per heavy atom. The lowest BCUT2D eigenvalue weighted by atomic mass is 9.45. The molecule has 0 unspecified atom stereocenters. The minimum atomic E-state index is -0.184. The first-order valence-corrected chi connectivity index (χ1v) is 11.9. The zero-order chi connectivity index (χ0) is 21.1. The molecule has 0 heterocycles. The number of carbonyl (C=O) groups excluding carboxylic acids is 1. The van der Waals surface area contributed by atoms with Crippen LogP contribution in [0.5, 0.6) is 5.75 Å². The summed E-state index contributed by atoms with van der Waals surface area (Å²) in [7, 11) is 1.68. The standard InChI is InChI=1S/C27H36O3/c1-26-12-10-20(28)16-19(26)6-9-22-23(26)11-13-27(2)24(22)15-18(25(27)29)14-17-4-7-21(30-3)8-5-17/h4-5,7-8,14,19-20,22-24,28H,6,9-13,15-16H2,1-3H3/b18-14-/t19-,20-,22+,23-,24-,26-,27-/m0/s1. The van der Waals surface area contributed by atoms with Crippen molar-refractivity contribution in [2.75, 3.05) is 7.11 Å². The summed E-state index contributed by atoms with van der Waals surface area (Å²) in [5.41, 5.74) is 2.29. The maximum atomic E-state index is 13.5. The van der Waals surface area contributed by atoms with Gasteiger partial charge in [-0.1, -0.05) is 26.0 Å². The van der Waals surface area contributed by atoms with E-state index in [1.54, 1.807) is 7.11 Å². The van der Waals surface area contributed by atoms with Crippen LogP contribution in [0.25, 0.3) is 6.08 Å². The summed E-state index contributed by atoms with van der Waals surface area (Å²) in [5.74, 6) is 3.77. The molecule has 0 spiro atoms. The van der Waals surface area contributed by atoms with Gasteiger partial charge in [0.2, 0.25) is 0 Å². The molecular weight excluding hydrogens is 372 g/mol. The molecule has 5 rings (SSSR count). The third-order valence-electron chi connectivity index (χ3n) is 9.73. The quantitative estimate of drug-likeness (QED) is 0.642. The normalized spacial score (nSPS) is 44.3. The largest absolute Gasteiger partial charge is 0.497 e. The first-order chi connectivity index (χ1) is 14.3. The summed E-state index contributed by atoms with van der Waals surface area (Å²) in [5, 5.41) is 10.2. The second kappa shape index (κ2) is 7.22. The van der Waals surface area contributed by atoms with Gasteiger partial charge in [-0.05, 0) is 110 Å². The zero-order valence-corrected chi connectivity index (χ0v) is 18.7. The van der Waals surface area contributed by atoms with Gasteiger partial charge in [-0.15, -0.1) is 0 Å². The summed E-state index contributed by atoms with van der Waals surface area (Å²) in [4.78, 5) is 13.5. The molecule has 0 aliphatic heterocycles. The van der Waals surface area contributed by atoms with Gasteiger partial charge in [-0.25, -0.2) is 0 Å². The predicted molar refractivity (Wildman–Crippen MR) is 119 cm³/mol. The number of benzene rings is 1. The van der Waals surface area contributed by atoms with Crippen molar-refractivity contribution < 1.29 is 14.6 Å². The summed E-state index contributed by atoms with van der Waals surface area (Å²) in [6.45, 7) is 4.76. The number of ether oxygens (including phenoxy) is 1. The van der Waals surface area contributed by atoms with Crippen LogP contribution in [-0.4, -0.2) is 24.1 Å². The van der Waals surface area contributed by atoms with Crippen molar-refractivity contribution in [1.29, 1.82) is 0 Å². The van der Waals surface area contributed by atoms with Crippen LogP contribution in [0.3, 0.4) is 0 Å². The topological polar surface area (TPSA) is 46.5 Å². The second-order valence-corrected chi connectivity index (χ2v) is 11.0. The van der Waals surface area contributed by atoms with Crippen LogP contribution in [0.15, 0.2) is 29.8 Å². The average molecular weight is 409 g/mol. The minimum absolute atomic E-state index is 0.0967. The molecule has 1 aromatic rings. The van der Waals surface area contributed by atoms with Crippen LogP contribution in [0, 0.1) is 34.5 Å². The van der Waals surface area contributed by atoms with Crippen LogP contribution in [0.4, 0.5) is 0 Å². The smallest absolute Gasteiger partial charge is 0.165 e. The van der Waals surface area contributed by atoms with Crippen molar-refractivity contribution in [1.82, 2.24) is 0 Å². The molecule has 0 aromatic heterocycles. The van der Waals surface area contributed by atoms with Gasteiger partial charge in [-0.3, -0.25) is 4.79 Å². The van der Waals surface area contributed by atoms with Crippen LogP contribution >= 0.6 is 0 Å². The molecule has 1 aromatic carbocycles. The van der Waals surface area contributed by atoms with Crippen molar-refractivity contribution in [2.45, 2.75) is 71.3 Å². The molecule has 0 amide bonds. The fourth-order valence-electron chi connectivity index (χ4n) is 7.94. The SMILES string of the molecule is COc1ccc(/C=C2/C[C@H]3[C@@H]4CC[C@H]5C[C@@H](O)CC[C@]5(C)[C@H]4CC[C@]3(C)C2=O)cc1. The molecular formula is C27H36O3. The maximum Gasteiger partial charge on any atom is 0.165 e. The number of fused-ring (bicyclic) bond motifs is 5. The van der Waals surface area contributed by atoms with Gasteiger partial charge in [0.05, 0.1) is 13.2 Å². The molecule has 3 nitrogen and oxygen atoms in total. The van der Waals surface area contributed by atoms with Crippen LogP contribution in [0.2, 0.25) is 0 Å². The van der Waals surface area contributed by atoms with Crippen molar-refractivity contribution in [3.05, 3.63) is 35.4 Å². The molecule has 4 fully saturated rings. The number of hydrogen-bond donors (Lipinski definition) is 1. The molecule has 4 saturated carbocycles. The van der Waals surface area contributed by atoms with Crippen molar-refractivity contribution in [3.8, 4) is 5.75 Å². The Bertz CT molecular complexity index is 855. The molecule has 0 saturated heterocycles. The summed E-state index contributed by atoms with van der Waals surface area (Å²) in [6, 6.07) is 8.03. The third-order valence-corrected chi connectivity index (χ3v) is 9.73. The van der Waals surface area contributed by atoms with Crippen molar-refractivity contribution >= 4 is 11.9 Å². The molecule has 0 radical (unpaired) electrons. The number of carbonyl (C=O) groups is 1. The van der Waals surface area contributed by atoms with E-state index in [4.69, 9.17) is 4.74 Å². The van der Waals surface area contributed by atoms with E-state index in [0.717, 1.165) is 54.9 Å². The molecule has 0 bridgehead atoms. The average Bonchev–Trinajstić information content (AvgIpc) is 3.00.